The van der Waals surface area contributed by atoms with Gasteiger partial charge >= 0.3 is 0 Å². The van der Waals surface area contributed by atoms with E-state index in [-0.39, 0.29) is 17.6 Å². The number of hydrogen-bond donors (Lipinski definition) is 1. The van der Waals surface area contributed by atoms with Gasteiger partial charge in [-0.3, -0.25) is 4.79 Å². The van der Waals surface area contributed by atoms with E-state index in [1.54, 1.807) is 23.0 Å². The smallest absolute Gasteiger partial charge is 0.254 e. The normalized spacial score (nSPS) is 11.1. The molecule has 158 valence electrons. The SMILES string of the molecule is CC(C)c1c(C(=O)NCCCOCCc2ccccc2)cnn1-c1ccc(F)cc1. The van der Waals surface area contributed by atoms with Crippen molar-refractivity contribution in [3.05, 3.63) is 83.4 Å². The molecule has 0 unspecified atom stereocenters. The Bertz CT molecular complexity index is 937. The average molecular weight is 410 g/mol. The molecule has 3 rings (SSSR count). The van der Waals surface area contributed by atoms with Crippen molar-refractivity contribution in [1.82, 2.24) is 15.1 Å². The summed E-state index contributed by atoms with van der Waals surface area (Å²) in [7, 11) is 0. The van der Waals surface area contributed by atoms with Crippen LogP contribution in [0.2, 0.25) is 0 Å². The van der Waals surface area contributed by atoms with Crippen LogP contribution < -0.4 is 5.32 Å². The third-order valence-electron chi connectivity index (χ3n) is 4.80. The number of amides is 1. The zero-order valence-corrected chi connectivity index (χ0v) is 17.5. The molecule has 0 bridgehead atoms. The number of nitrogens with zero attached hydrogens (tertiary/aromatic N) is 2. The van der Waals surface area contributed by atoms with Gasteiger partial charge in [0.05, 0.1) is 29.7 Å². The van der Waals surface area contributed by atoms with Gasteiger partial charge in [0.2, 0.25) is 0 Å². The minimum absolute atomic E-state index is 0.0830. The van der Waals surface area contributed by atoms with Gasteiger partial charge < -0.3 is 10.1 Å². The molecule has 0 saturated heterocycles. The monoisotopic (exact) mass is 409 g/mol. The number of halogens is 1. The highest BCUT2D eigenvalue weighted by molar-refractivity contribution is 5.95. The molecule has 6 heteroatoms. The lowest BCUT2D eigenvalue weighted by Gasteiger charge is -2.13. The molecule has 0 atom stereocenters. The zero-order chi connectivity index (χ0) is 21.3. The van der Waals surface area contributed by atoms with Gasteiger partial charge in [-0.2, -0.15) is 5.10 Å². The minimum Gasteiger partial charge on any atom is -0.381 e. The molecule has 1 heterocycles. The molecule has 0 fully saturated rings. The Kier molecular flexibility index (Phi) is 7.74. The summed E-state index contributed by atoms with van der Waals surface area (Å²) in [5.74, 6) is -0.378. The summed E-state index contributed by atoms with van der Waals surface area (Å²) < 4.78 is 20.6. The molecule has 1 N–H and O–H groups in total. The number of ether oxygens (including phenoxy) is 1. The second-order valence-corrected chi connectivity index (χ2v) is 7.44. The lowest BCUT2D eigenvalue weighted by atomic mass is 10.0. The summed E-state index contributed by atoms with van der Waals surface area (Å²) in [5, 5.41) is 7.31. The number of nitrogens with one attached hydrogen (secondary N) is 1. The van der Waals surface area contributed by atoms with Gasteiger partial charge in [-0.1, -0.05) is 44.2 Å². The van der Waals surface area contributed by atoms with Crippen molar-refractivity contribution in [1.29, 1.82) is 0 Å². The van der Waals surface area contributed by atoms with Crippen molar-refractivity contribution < 1.29 is 13.9 Å². The Morgan fingerprint density at radius 1 is 1.10 bits per heavy atom. The van der Waals surface area contributed by atoms with Crippen molar-refractivity contribution >= 4 is 5.91 Å². The molecule has 30 heavy (non-hydrogen) atoms. The van der Waals surface area contributed by atoms with E-state index in [1.807, 2.05) is 32.0 Å². The predicted octanol–water partition coefficient (Wildman–Crippen LogP) is 4.51. The summed E-state index contributed by atoms with van der Waals surface area (Å²) in [5.41, 5.74) is 3.33. The van der Waals surface area contributed by atoms with E-state index in [9.17, 15) is 9.18 Å². The van der Waals surface area contributed by atoms with Gasteiger partial charge in [0.1, 0.15) is 5.82 Å². The molecule has 0 aliphatic heterocycles. The van der Waals surface area contributed by atoms with E-state index in [1.165, 1.54) is 17.7 Å². The highest BCUT2D eigenvalue weighted by atomic mass is 19.1. The Hall–Kier alpha value is -2.99. The van der Waals surface area contributed by atoms with Gasteiger partial charge in [0.25, 0.3) is 5.91 Å². The number of carbonyl (C=O) groups is 1. The third kappa shape index (κ3) is 5.76. The first-order chi connectivity index (χ1) is 14.6. The molecule has 0 aliphatic rings. The molecule has 1 aromatic heterocycles. The van der Waals surface area contributed by atoms with Gasteiger partial charge in [0.15, 0.2) is 0 Å². The molecular weight excluding hydrogens is 381 g/mol. The molecule has 0 saturated carbocycles. The van der Waals surface area contributed by atoms with Crippen LogP contribution in [0, 0.1) is 5.82 Å². The van der Waals surface area contributed by atoms with E-state index >= 15 is 0 Å². The Labute approximate surface area is 176 Å². The first-order valence-corrected chi connectivity index (χ1v) is 10.3. The Balaban J connectivity index is 1.48. The fourth-order valence-electron chi connectivity index (χ4n) is 3.28. The Morgan fingerprint density at radius 2 is 1.83 bits per heavy atom. The summed E-state index contributed by atoms with van der Waals surface area (Å²) in [6, 6.07) is 16.3. The standard InChI is InChI=1S/C24H28FN3O2/c1-18(2)23-22(17-27-28(23)21-11-9-20(25)10-12-21)24(29)26-14-6-15-30-16-13-19-7-4-3-5-8-19/h3-5,7-12,17-18H,6,13-16H2,1-2H3,(H,26,29). The number of benzene rings is 2. The molecule has 0 radical (unpaired) electrons. The first kappa shape index (κ1) is 21.7. The molecule has 1 amide bonds. The van der Waals surface area contributed by atoms with Crippen molar-refractivity contribution in [2.45, 2.75) is 32.6 Å². The van der Waals surface area contributed by atoms with Crippen LogP contribution in [0.25, 0.3) is 5.69 Å². The zero-order valence-electron chi connectivity index (χ0n) is 17.5. The summed E-state index contributed by atoms with van der Waals surface area (Å²) in [4.78, 5) is 12.7. The summed E-state index contributed by atoms with van der Waals surface area (Å²) in [6.45, 7) is 5.81. The topological polar surface area (TPSA) is 56.1 Å². The maximum atomic E-state index is 13.2. The van der Waals surface area contributed by atoms with Crippen molar-refractivity contribution in [2.75, 3.05) is 19.8 Å². The third-order valence-corrected chi connectivity index (χ3v) is 4.80. The van der Waals surface area contributed by atoms with E-state index in [2.05, 4.69) is 22.5 Å². The van der Waals surface area contributed by atoms with E-state index in [0.29, 0.717) is 25.3 Å². The van der Waals surface area contributed by atoms with Gasteiger partial charge in [-0.25, -0.2) is 9.07 Å². The predicted molar refractivity (Wildman–Crippen MR) is 116 cm³/mol. The average Bonchev–Trinajstić information content (AvgIpc) is 3.20. The number of carbonyl (C=O) groups excluding carboxylic acids is 1. The largest absolute Gasteiger partial charge is 0.381 e. The van der Waals surface area contributed by atoms with Crippen molar-refractivity contribution in [3.8, 4) is 5.69 Å². The maximum absolute atomic E-state index is 13.2. The fraction of sp³-hybridized carbons (Fsp3) is 0.333. The lowest BCUT2D eigenvalue weighted by molar-refractivity contribution is 0.0940. The first-order valence-electron chi connectivity index (χ1n) is 10.3. The van der Waals surface area contributed by atoms with Crippen LogP contribution >= 0.6 is 0 Å². The molecule has 0 spiro atoms. The second-order valence-electron chi connectivity index (χ2n) is 7.44. The summed E-state index contributed by atoms with van der Waals surface area (Å²) in [6.07, 6.45) is 3.20. The maximum Gasteiger partial charge on any atom is 0.254 e. The van der Waals surface area contributed by atoms with E-state index in [0.717, 1.165) is 24.2 Å². The number of aromatic nitrogens is 2. The highest BCUT2D eigenvalue weighted by Gasteiger charge is 2.20. The van der Waals surface area contributed by atoms with Crippen molar-refractivity contribution in [2.24, 2.45) is 0 Å². The summed E-state index contributed by atoms with van der Waals surface area (Å²) >= 11 is 0. The van der Waals surface area contributed by atoms with Crippen LogP contribution in [0.5, 0.6) is 0 Å². The molecular formula is C24H28FN3O2. The molecule has 5 nitrogen and oxygen atoms in total. The van der Waals surface area contributed by atoms with Gasteiger partial charge in [-0.05, 0) is 48.6 Å². The highest BCUT2D eigenvalue weighted by Crippen LogP contribution is 2.23. The van der Waals surface area contributed by atoms with Gasteiger partial charge in [-0.15, -0.1) is 0 Å². The minimum atomic E-state index is -0.305. The van der Waals surface area contributed by atoms with Gasteiger partial charge in [0, 0.05) is 13.2 Å². The second kappa shape index (κ2) is 10.7. The van der Waals surface area contributed by atoms with Crippen LogP contribution in [-0.4, -0.2) is 35.4 Å². The molecule has 0 aliphatic carbocycles. The quantitative estimate of drug-likeness (QED) is 0.501. The van der Waals surface area contributed by atoms with Crippen LogP contribution in [-0.2, 0) is 11.2 Å². The fourth-order valence-corrected chi connectivity index (χ4v) is 3.28. The van der Waals surface area contributed by atoms with Crippen LogP contribution in [0.3, 0.4) is 0 Å². The van der Waals surface area contributed by atoms with E-state index < -0.39 is 0 Å². The van der Waals surface area contributed by atoms with E-state index in [4.69, 9.17) is 4.74 Å². The van der Waals surface area contributed by atoms with Crippen molar-refractivity contribution in [3.63, 3.8) is 0 Å². The van der Waals surface area contributed by atoms with Crippen LogP contribution in [0.15, 0.2) is 60.8 Å². The van der Waals surface area contributed by atoms with Crippen LogP contribution in [0.4, 0.5) is 4.39 Å². The Morgan fingerprint density at radius 3 is 2.53 bits per heavy atom. The van der Waals surface area contributed by atoms with Crippen LogP contribution in [0.1, 0.15) is 47.8 Å². The number of hydrogen-bond acceptors (Lipinski definition) is 3. The number of rotatable bonds is 10. The molecule has 2 aromatic carbocycles. The molecule has 3 aromatic rings. The lowest BCUT2D eigenvalue weighted by Crippen LogP contribution is -2.26.